The summed E-state index contributed by atoms with van der Waals surface area (Å²) < 4.78 is 5.85. The molecule has 0 saturated carbocycles. The molecular weight excluding hydrogens is 572 g/mol. The molecule has 0 unspecified atom stereocenters. The number of ether oxygens (including phenoxy) is 1. The predicted octanol–water partition coefficient (Wildman–Crippen LogP) is 7.20. The number of benzene rings is 4. The topological polar surface area (TPSA) is 66.0 Å². The fraction of sp³-hybridized carbons (Fsp3) is 0.154. The number of hydrogen-bond acceptors (Lipinski definition) is 5. The van der Waals surface area contributed by atoms with Crippen LogP contribution in [0.3, 0.4) is 0 Å². The molecule has 0 aliphatic carbocycles. The number of fused-ring (bicyclic) bond motifs is 3. The van der Waals surface area contributed by atoms with Crippen molar-refractivity contribution < 1.29 is 14.3 Å². The highest BCUT2D eigenvalue weighted by atomic mass is 16.5. The Morgan fingerprint density at radius 2 is 1.70 bits per heavy atom. The molecule has 7 nitrogen and oxygen atoms in total. The van der Waals surface area contributed by atoms with Crippen molar-refractivity contribution in [3.63, 3.8) is 0 Å². The standard InChI is InChI=1S/C39H34N4O3/c1-41(23-21-30-13-7-8-22-40-30)39(45)36-20-18-31-26-43(35-16-6-4-11-29(35)25-42(31)36)38(44)28-17-19-34(37(24-28)46-2)33-15-9-12-27-10-3-5-14-32(27)33/h3-17,19-20,22,24,26H,18,21,23,25H2,1-2H3. The minimum absolute atomic E-state index is 0.0506. The first-order valence-electron chi connectivity index (χ1n) is 15.4. The summed E-state index contributed by atoms with van der Waals surface area (Å²) in [4.78, 5) is 37.8. The number of amides is 2. The van der Waals surface area contributed by atoms with E-state index in [-0.39, 0.29) is 11.8 Å². The van der Waals surface area contributed by atoms with Crippen LogP contribution in [0.25, 0.3) is 21.9 Å². The van der Waals surface area contributed by atoms with Crippen molar-refractivity contribution in [2.45, 2.75) is 19.4 Å². The first-order chi connectivity index (χ1) is 22.5. The largest absolute Gasteiger partial charge is 0.496 e. The van der Waals surface area contributed by atoms with Gasteiger partial charge in [-0.15, -0.1) is 0 Å². The second-order valence-corrected chi connectivity index (χ2v) is 11.5. The van der Waals surface area contributed by atoms with Gasteiger partial charge in [-0.25, -0.2) is 0 Å². The van der Waals surface area contributed by atoms with Crippen molar-refractivity contribution >= 4 is 28.3 Å². The highest BCUT2D eigenvalue weighted by molar-refractivity contribution is 6.09. The lowest BCUT2D eigenvalue weighted by Gasteiger charge is -2.26. The summed E-state index contributed by atoms with van der Waals surface area (Å²) in [5, 5.41) is 2.26. The first kappa shape index (κ1) is 29.0. The average Bonchev–Trinajstić information content (AvgIpc) is 3.42. The molecule has 0 N–H and O–H groups in total. The van der Waals surface area contributed by atoms with Crippen LogP contribution in [-0.2, 0) is 17.8 Å². The van der Waals surface area contributed by atoms with Crippen LogP contribution >= 0.6 is 0 Å². The smallest absolute Gasteiger partial charge is 0.269 e. The molecule has 2 amide bonds. The molecule has 0 atom stereocenters. The van der Waals surface area contributed by atoms with Crippen molar-refractivity contribution in [3.05, 3.63) is 150 Å². The van der Waals surface area contributed by atoms with E-state index in [4.69, 9.17) is 4.74 Å². The molecule has 0 bridgehead atoms. The SMILES string of the molecule is COc1cc(C(=O)N2C=C3CC=C(C(=O)N(C)CCc4ccccn4)N3Cc3ccccc32)ccc1-c1cccc2ccccc12. The number of para-hydroxylation sites is 1. The van der Waals surface area contributed by atoms with Gasteiger partial charge in [0.2, 0.25) is 0 Å². The van der Waals surface area contributed by atoms with Crippen LogP contribution in [0.15, 0.2) is 133 Å². The molecule has 2 aliphatic heterocycles. The Morgan fingerprint density at radius 3 is 2.54 bits per heavy atom. The van der Waals surface area contributed by atoms with E-state index >= 15 is 0 Å². The Morgan fingerprint density at radius 1 is 0.891 bits per heavy atom. The first-order valence-corrected chi connectivity index (χ1v) is 15.4. The molecule has 0 saturated heterocycles. The maximum atomic E-state index is 14.3. The third kappa shape index (κ3) is 5.41. The third-order valence-corrected chi connectivity index (χ3v) is 8.74. The van der Waals surface area contributed by atoms with E-state index in [0.29, 0.717) is 42.9 Å². The van der Waals surface area contributed by atoms with Crippen LogP contribution in [0, 0.1) is 0 Å². The van der Waals surface area contributed by atoms with E-state index in [2.05, 4.69) is 29.2 Å². The molecule has 46 heavy (non-hydrogen) atoms. The number of hydrogen-bond donors (Lipinski definition) is 0. The lowest BCUT2D eigenvalue weighted by molar-refractivity contribution is -0.127. The zero-order chi connectivity index (χ0) is 31.6. The molecule has 7 heteroatoms. The van der Waals surface area contributed by atoms with Gasteiger partial charge in [0.25, 0.3) is 11.8 Å². The molecule has 4 aromatic carbocycles. The molecule has 228 valence electrons. The maximum Gasteiger partial charge on any atom is 0.269 e. The van der Waals surface area contributed by atoms with Gasteiger partial charge in [-0.2, -0.15) is 0 Å². The fourth-order valence-electron chi connectivity index (χ4n) is 6.30. The van der Waals surface area contributed by atoms with Gasteiger partial charge in [-0.1, -0.05) is 66.7 Å². The van der Waals surface area contributed by atoms with Gasteiger partial charge < -0.3 is 14.5 Å². The lowest BCUT2D eigenvalue weighted by atomic mass is 9.96. The molecule has 1 aromatic heterocycles. The van der Waals surface area contributed by atoms with Crippen molar-refractivity contribution in [3.8, 4) is 16.9 Å². The summed E-state index contributed by atoms with van der Waals surface area (Å²) in [6.07, 6.45) is 6.84. The summed E-state index contributed by atoms with van der Waals surface area (Å²) in [5.74, 6) is 0.408. The van der Waals surface area contributed by atoms with Crippen molar-refractivity contribution in [2.24, 2.45) is 0 Å². The Balaban J connectivity index is 1.18. The summed E-state index contributed by atoms with van der Waals surface area (Å²) in [7, 11) is 3.46. The Kier molecular flexibility index (Phi) is 7.81. The monoisotopic (exact) mass is 606 g/mol. The summed E-state index contributed by atoms with van der Waals surface area (Å²) >= 11 is 0. The molecule has 0 fully saturated rings. The van der Waals surface area contributed by atoms with Crippen LogP contribution in [0.5, 0.6) is 5.75 Å². The molecule has 7 rings (SSSR count). The Bertz CT molecular complexity index is 2010. The van der Waals surface area contributed by atoms with E-state index in [9.17, 15) is 9.59 Å². The maximum absolute atomic E-state index is 14.3. The Hall–Kier alpha value is -5.69. The number of carbonyl (C=O) groups is 2. The van der Waals surface area contributed by atoms with Crippen LogP contribution < -0.4 is 9.64 Å². The van der Waals surface area contributed by atoms with E-state index in [0.717, 1.165) is 44.5 Å². The molecule has 5 aromatic rings. The second-order valence-electron chi connectivity index (χ2n) is 11.5. The molecule has 0 radical (unpaired) electrons. The lowest BCUT2D eigenvalue weighted by Crippen LogP contribution is -2.35. The number of carbonyl (C=O) groups excluding carboxylic acids is 2. The van der Waals surface area contributed by atoms with Gasteiger partial charge in [0, 0.05) is 61.3 Å². The van der Waals surface area contributed by atoms with Crippen LogP contribution in [0.2, 0.25) is 0 Å². The van der Waals surface area contributed by atoms with E-state index < -0.39 is 0 Å². The molecular formula is C39H34N4O3. The van der Waals surface area contributed by atoms with Gasteiger partial charge in [0.05, 0.1) is 19.3 Å². The number of pyridine rings is 1. The van der Waals surface area contributed by atoms with E-state index in [1.54, 1.807) is 23.1 Å². The van der Waals surface area contributed by atoms with Crippen LogP contribution in [-0.4, -0.2) is 47.3 Å². The van der Waals surface area contributed by atoms with Crippen molar-refractivity contribution in [1.82, 2.24) is 14.8 Å². The summed E-state index contributed by atoms with van der Waals surface area (Å²) in [5.41, 5.74) is 6.70. The zero-order valence-electron chi connectivity index (χ0n) is 25.9. The molecule has 3 heterocycles. The van der Waals surface area contributed by atoms with E-state index in [1.165, 1.54) is 0 Å². The van der Waals surface area contributed by atoms with Gasteiger partial charge in [-0.3, -0.25) is 19.5 Å². The Labute approximate surface area is 268 Å². The van der Waals surface area contributed by atoms with Crippen LogP contribution in [0.4, 0.5) is 5.69 Å². The van der Waals surface area contributed by atoms with E-state index in [1.807, 2.05) is 103 Å². The number of nitrogens with zero attached hydrogens (tertiary/aromatic N) is 4. The van der Waals surface area contributed by atoms with Gasteiger partial charge >= 0.3 is 0 Å². The number of allylic oxidation sites excluding steroid dienone is 1. The normalized spacial score (nSPS) is 13.8. The van der Waals surface area contributed by atoms with Crippen molar-refractivity contribution in [2.75, 3.05) is 25.6 Å². The van der Waals surface area contributed by atoms with Gasteiger partial charge in [-0.05, 0) is 64.4 Å². The quantitative estimate of drug-likeness (QED) is 0.196. The predicted molar refractivity (Wildman–Crippen MR) is 181 cm³/mol. The number of likely N-dealkylation sites (N-methyl/N-ethyl adjacent to an activating group) is 1. The minimum atomic E-state index is -0.170. The van der Waals surface area contributed by atoms with Gasteiger partial charge in [0.1, 0.15) is 11.4 Å². The average molecular weight is 607 g/mol. The summed E-state index contributed by atoms with van der Waals surface area (Å²) in [6.45, 7) is 1.04. The minimum Gasteiger partial charge on any atom is -0.496 e. The summed E-state index contributed by atoms with van der Waals surface area (Å²) in [6, 6.07) is 33.8. The third-order valence-electron chi connectivity index (χ3n) is 8.74. The molecule has 0 spiro atoms. The second kappa shape index (κ2) is 12.4. The zero-order valence-corrected chi connectivity index (χ0v) is 25.9. The molecule has 2 aliphatic rings. The van der Waals surface area contributed by atoms with Crippen LogP contribution in [0.1, 0.15) is 28.0 Å². The number of methoxy groups -OCH3 is 1. The number of anilines is 1. The van der Waals surface area contributed by atoms with Crippen molar-refractivity contribution in [1.29, 1.82) is 0 Å². The fourth-order valence-corrected chi connectivity index (χ4v) is 6.30. The van der Waals surface area contributed by atoms with Gasteiger partial charge in [0.15, 0.2) is 0 Å². The highest BCUT2D eigenvalue weighted by Gasteiger charge is 2.33. The highest BCUT2D eigenvalue weighted by Crippen LogP contribution is 2.39. The number of aromatic nitrogens is 1. The number of rotatable bonds is 7.